The topological polar surface area (TPSA) is 122 Å². The van der Waals surface area contributed by atoms with Crippen molar-refractivity contribution in [2.75, 3.05) is 19.7 Å². The third kappa shape index (κ3) is 7.84. The predicted octanol–water partition coefficient (Wildman–Crippen LogP) is 1.27. The SMILES string of the molecule is CCOC(=O)[C@H](CCCCCCCN)N[C@@H](C)C(=O)N1CCC[C@H]1C(=O)O. The van der Waals surface area contributed by atoms with E-state index in [0.29, 0.717) is 32.4 Å². The van der Waals surface area contributed by atoms with Crippen LogP contribution in [-0.2, 0) is 19.1 Å². The average molecular weight is 386 g/mol. The summed E-state index contributed by atoms with van der Waals surface area (Å²) in [4.78, 5) is 37.6. The lowest BCUT2D eigenvalue weighted by atomic mass is 10.0. The van der Waals surface area contributed by atoms with Gasteiger partial charge in [-0.1, -0.05) is 25.7 Å². The smallest absolute Gasteiger partial charge is 0.326 e. The van der Waals surface area contributed by atoms with Crippen molar-refractivity contribution in [1.82, 2.24) is 10.2 Å². The quantitative estimate of drug-likeness (QED) is 0.322. The fourth-order valence-corrected chi connectivity index (χ4v) is 3.44. The summed E-state index contributed by atoms with van der Waals surface area (Å²) in [7, 11) is 0. The lowest BCUT2D eigenvalue weighted by Crippen LogP contribution is -2.53. The Morgan fingerprint density at radius 2 is 1.89 bits per heavy atom. The lowest BCUT2D eigenvalue weighted by molar-refractivity contribution is -0.150. The number of aliphatic carboxylic acids is 1. The number of nitrogens with one attached hydrogen (secondary N) is 1. The maximum Gasteiger partial charge on any atom is 0.326 e. The maximum atomic E-state index is 12.7. The molecule has 4 N–H and O–H groups in total. The highest BCUT2D eigenvalue weighted by Crippen LogP contribution is 2.19. The van der Waals surface area contributed by atoms with Crippen LogP contribution in [0.4, 0.5) is 0 Å². The minimum Gasteiger partial charge on any atom is -0.480 e. The van der Waals surface area contributed by atoms with Crippen LogP contribution in [0.1, 0.15) is 65.2 Å². The highest BCUT2D eigenvalue weighted by atomic mass is 16.5. The van der Waals surface area contributed by atoms with Gasteiger partial charge in [-0.05, 0) is 46.1 Å². The van der Waals surface area contributed by atoms with Crippen molar-refractivity contribution in [2.24, 2.45) is 5.73 Å². The third-order valence-corrected chi connectivity index (χ3v) is 4.91. The Hall–Kier alpha value is -1.67. The van der Waals surface area contributed by atoms with E-state index in [9.17, 15) is 19.5 Å². The fourth-order valence-electron chi connectivity index (χ4n) is 3.44. The molecule has 0 aromatic carbocycles. The summed E-state index contributed by atoms with van der Waals surface area (Å²) in [5.41, 5.74) is 5.48. The Balaban J connectivity index is 2.58. The monoisotopic (exact) mass is 385 g/mol. The summed E-state index contributed by atoms with van der Waals surface area (Å²) in [6.45, 7) is 4.83. The predicted molar refractivity (Wildman–Crippen MR) is 102 cm³/mol. The molecule has 1 saturated heterocycles. The van der Waals surface area contributed by atoms with E-state index in [4.69, 9.17) is 10.5 Å². The second kappa shape index (κ2) is 12.7. The van der Waals surface area contributed by atoms with Crippen LogP contribution in [0.3, 0.4) is 0 Å². The van der Waals surface area contributed by atoms with E-state index < -0.39 is 24.1 Å². The van der Waals surface area contributed by atoms with E-state index in [1.165, 1.54) is 4.90 Å². The minimum atomic E-state index is -0.979. The van der Waals surface area contributed by atoms with E-state index >= 15 is 0 Å². The van der Waals surface area contributed by atoms with Crippen molar-refractivity contribution in [3.63, 3.8) is 0 Å². The molecule has 0 unspecified atom stereocenters. The van der Waals surface area contributed by atoms with Crippen LogP contribution in [-0.4, -0.2) is 65.7 Å². The van der Waals surface area contributed by atoms with Crippen LogP contribution in [0, 0.1) is 0 Å². The van der Waals surface area contributed by atoms with Crippen molar-refractivity contribution in [2.45, 2.75) is 83.3 Å². The number of unbranched alkanes of at least 4 members (excludes halogenated alkanes) is 4. The average Bonchev–Trinajstić information content (AvgIpc) is 3.13. The number of hydrogen-bond acceptors (Lipinski definition) is 6. The van der Waals surface area contributed by atoms with Gasteiger partial charge in [0.1, 0.15) is 12.1 Å². The number of carbonyl (C=O) groups is 3. The van der Waals surface area contributed by atoms with Gasteiger partial charge in [-0.25, -0.2) is 4.79 Å². The molecule has 8 nitrogen and oxygen atoms in total. The highest BCUT2D eigenvalue weighted by Gasteiger charge is 2.36. The molecule has 0 aliphatic carbocycles. The number of carbonyl (C=O) groups excluding carboxylic acids is 2. The number of likely N-dealkylation sites (tertiary alicyclic amines) is 1. The summed E-state index contributed by atoms with van der Waals surface area (Å²) < 4.78 is 5.13. The molecule has 8 heteroatoms. The van der Waals surface area contributed by atoms with Crippen molar-refractivity contribution in [1.29, 1.82) is 0 Å². The highest BCUT2D eigenvalue weighted by molar-refractivity contribution is 5.88. The first-order chi connectivity index (χ1) is 12.9. The summed E-state index contributed by atoms with van der Waals surface area (Å²) >= 11 is 0. The van der Waals surface area contributed by atoms with E-state index in [2.05, 4.69) is 5.32 Å². The molecule has 0 bridgehead atoms. The van der Waals surface area contributed by atoms with E-state index in [1.54, 1.807) is 13.8 Å². The molecule has 3 atom stereocenters. The largest absolute Gasteiger partial charge is 0.480 e. The number of rotatable bonds is 13. The van der Waals surface area contributed by atoms with Crippen LogP contribution >= 0.6 is 0 Å². The fraction of sp³-hybridized carbons (Fsp3) is 0.842. The first-order valence-electron chi connectivity index (χ1n) is 10.1. The molecule has 1 fully saturated rings. The van der Waals surface area contributed by atoms with Crippen LogP contribution in [0.25, 0.3) is 0 Å². The van der Waals surface area contributed by atoms with Gasteiger partial charge in [0.15, 0.2) is 0 Å². The molecular weight excluding hydrogens is 350 g/mol. The normalized spacial score (nSPS) is 18.9. The Kier molecular flexibility index (Phi) is 11.0. The van der Waals surface area contributed by atoms with Gasteiger partial charge in [0.25, 0.3) is 0 Å². The van der Waals surface area contributed by atoms with Crippen molar-refractivity contribution < 1.29 is 24.2 Å². The molecule has 1 aliphatic rings. The number of esters is 1. The molecule has 0 spiro atoms. The van der Waals surface area contributed by atoms with Gasteiger partial charge in [-0.3, -0.25) is 14.9 Å². The molecule has 156 valence electrons. The molecule has 0 aromatic heterocycles. The Bertz CT molecular complexity index is 486. The molecule has 27 heavy (non-hydrogen) atoms. The Morgan fingerprint density at radius 1 is 1.22 bits per heavy atom. The van der Waals surface area contributed by atoms with E-state index in [0.717, 1.165) is 32.1 Å². The van der Waals surface area contributed by atoms with Crippen molar-refractivity contribution >= 4 is 17.8 Å². The second-order valence-corrected chi connectivity index (χ2v) is 7.07. The van der Waals surface area contributed by atoms with Gasteiger partial charge in [-0.15, -0.1) is 0 Å². The maximum absolute atomic E-state index is 12.7. The van der Waals surface area contributed by atoms with Gasteiger partial charge in [0, 0.05) is 6.54 Å². The number of amides is 1. The molecule has 1 amide bonds. The molecule has 1 heterocycles. The number of ether oxygens (including phenoxy) is 1. The van der Waals surface area contributed by atoms with Crippen molar-refractivity contribution in [3.8, 4) is 0 Å². The summed E-state index contributed by atoms with van der Waals surface area (Å²) in [5, 5.41) is 12.3. The molecule has 1 aliphatic heterocycles. The first kappa shape index (κ1) is 23.4. The Labute approximate surface area is 161 Å². The van der Waals surface area contributed by atoms with Gasteiger partial charge in [0.2, 0.25) is 5.91 Å². The van der Waals surface area contributed by atoms with Gasteiger partial charge >= 0.3 is 11.9 Å². The standard InChI is InChI=1S/C19H35N3O5/c1-3-27-19(26)15(10-7-5-4-6-8-12-20)21-14(2)17(23)22-13-9-11-16(22)18(24)25/h14-16,21H,3-13,20H2,1-2H3,(H,24,25)/t14-,15-,16-/m0/s1. The zero-order valence-corrected chi connectivity index (χ0v) is 16.6. The number of nitrogens with zero attached hydrogens (tertiary/aromatic N) is 1. The van der Waals surface area contributed by atoms with Crippen molar-refractivity contribution in [3.05, 3.63) is 0 Å². The second-order valence-electron chi connectivity index (χ2n) is 7.07. The summed E-state index contributed by atoms with van der Waals surface area (Å²) in [6, 6.07) is -1.98. The van der Waals surface area contributed by atoms with Crippen LogP contribution in [0.5, 0.6) is 0 Å². The third-order valence-electron chi connectivity index (χ3n) is 4.91. The molecule has 0 aromatic rings. The van der Waals surface area contributed by atoms with Crippen LogP contribution in [0.2, 0.25) is 0 Å². The zero-order chi connectivity index (χ0) is 20.2. The van der Waals surface area contributed by atoms with Gasteiger partial charge in [0.05, 0.1) is 12.6 Å². The number of carboxylic acids is 1. The number of carboxylic acid groups (broad SMARTS) is 1. The summed E-state index contributed by atoms with van der Waals surface area (Å²) in [5.74, 6) is -1.63. The summed E-state index contributed by atoms with van der Waals surface area (Å²) in [6.07, 6.45) is 6.73. The van der Waals surface area contributed by atoms with Crippen LogP contribution in [0.15, 0.2) is 0 Å². The number of nitrogens with two attached hydrogens (primary N) is 1. The first-order valence-corrected chi connectivity index (χ1v) is 10.1. The molecule has 0 radical (unpaired) electrons. The zero-order valence-electron chi connectivity index (χ0n) is 16.6. The number of hydrogen-bond donors (Lipinski definition) is 3. The van der Waals surface area contributed by atoms with E-state index in [1.807, 2.05) is 0 Å². The van der Waals surface area contributed by atoms with Crippen LogP contribution < -0.4 is 11.1 Å². The minimum absolute atomic E-state index is 0.280. The van der Waals surface area contributed by atoms with Gasteiger partial charge < -0.3 is 20.5 Å². The molecule has 0 saturated carbocycles. The van der Waals surface area contributed by atoms with E-state index in [-0.39, 0.29) is 18.5 Å². The van der Waals surface area contributed by atoms with Gasteiger partial charge in [-0.2, -0.15) is 0 Å². The molecular formula is C19H35N3O5. The lowest BCUT2D eigenvalue weighted by Gasteiger charge is -2.27. The molecule has 1 rings (SSSR count). The Morgan fingerprint density at radius 3 is 2.52 bits per heavy atom.